The first-order chi connectivity index (χ1) is 12.4. The Bertz CT molecular complexity index is 910. The van der Waals surface area contributed by atoms with Crippen molar-refractivity contribution >= 4 is 21.6 Å². The Balaban J connectivity index is 2.12. The van der Waals surface area contributed by atoms with Gasteiger partial charge in [-0.1, -0.05) is 26.0 Å². The van der Waals surface area contributed by atoms with Gasteiger partial charge in [-0.3, -0.25) is 5.43 Å². The van der Waals surface area contributed by atoms with Crippen molar-refractivity contribution in [2.45, 2.75) is 25.7 Å². The lowest BCUT2D eigenvalue weighted by Gasteiger charge is -2.18. The van der Waals surface area contributed by atoms with E-state index in [1.165, 1.54) is 16.6 Å². The SMILES string of the molecule is CCN(CC)S(=O)(=O)c1ccc(N/N=C(\C)c2ccc(C#N)cc2)nc1. The van der Waals surface area contributed by atoms with Gasteiger partial charge in [0.25, 0.3) is 0 Å². The number of hydrogen-bond donors (Lipinski definition) is 1. The van der Waals surface area contributed by atoms with Gasteiger partial charge in [0.15, 0.2) is 0 Å². The molecule has 0 aliphatic rings. The summed E-state index contributed by atoms with van der Waals surface area (Å²) >= 11 is 0. The summed E-state index contributed by atoms with van der Waals surface area (Å²) in [5.74, 6) is 0.441. The van der Waals surface area contributed by atoms with Crippen molar-refractivity contribution in [3.05, 3.63) is 53.7 Å². The van der Waals surface area contributed by atoms with E-state index in [4.69, 9.17) is 5.26 Å². The van der Waals surface area contributed by atoms with Gasteiger partial charge in [0, 0.05) is 19.3 Å². The highest BCUT2D eigenvalue weighted by molar-refractivity contribution is 7.89. The lowest BCUT2D eigenvalue weighted by molar-refractivity contribution is 0.445. The molecule has 8 heteroatoms. The number of anilines is 1. The summed E-state index contributed by atoms with van der Waals surface area (Å²) in [7, 11) is -3.52. The van der Waals surface area contributed by atoms with Crippen LogP contribution < -0.4 is 5.43 Å². The Kier molecular flexibility index (Phi) is 6.44. The quantitative estimate of drug-likeness (QED) is 0.596. The number of sulfonamides is 1. The Hall–Kier alpha value is -2.76. The van der Waals surface area contributed by atoms with Crippen molar-refractivity contribution in [3.8, 4) is 6.07 Å². The van der Waals surface area contributed by atoms with Crippen LogP contribution in [0.2, 0.25) is 0 Å². The van der Waals surface area contributed by atoms with Gasteiger partial charge in [0.1, 0.15) is 10.7 Å². The molecule has 26 heavy (non-hydrogen) atoms. The maximum absolute atomic E-state index is 12.4. The fourth-order valence-corrected chi connectivity index (χ4v) is 3.71. The predicted molar refractivity (Wildman–Crippen MR) is 101 cm³/mol. The normalized spacial score (nSPS) is 12.0. The Morgan fingerprint density at radius 3 is 2.35 bits per heavy atom. The van der Waals surface area contributed by atoms with Gasteiger partial charge in [-0.05, 0) is 36.8 Å². The predicted octanol–water partition coefficient (Wildman–Crippen LogP) is 2.82. The maximum Gasteiger partial charge on any atom is 0.244 e. The monoisotopic (exact) mass is 371 g/mol. The van der Waals surface area contributed by atoms with Gasteiger partial charge in [-0.15, -0.1) is 0 Å². The lowest BCUT2D eigenvalue weighted by atomic mass is 10.1. The molecular formula is C18H21N5O2S. The molecule has 0 amide bonds. The van der Waals surface area contributed by atoms with Crippen LogP contribution in [0.15, 0.2) is 52.6 Å². The highest BCUT2D eigenvalue weighted by atomic mass is 32.2. The van der Waals surface area contributed by atoms with Gasteiger partial charge in [-0.25, -0.2) is 13.4 Å². The van der Waals surface area contributed by atoms with Crippen LogP contribution in [0.25, 0.3) is 0 Å². The van der Waals surface area contributed by atoms with Gasteiger partial charge in [0.2, 0.25) is 10.0 Å². The molecule has 0 fully saturated rings. The molecule has 2 aromatic rings. The second kappa shape index (κ2) is 8.56. The van der Waals surface area contributed by atoms with E-state index in [0.29, 0.717) is 24.5 Å². The highest BCUT2D eigenvalue weighted by Crippen LogP contribution is 2.16. The van der Waals surface area contributed by atoms with Crippen molar-refractivity contribution in [2.24, 2.45) is 5.10 Å². The number of benzene rings is 1. The second-order valence-corrected chi connectivity index (χ2v) is 7.40. The third-order valence-corrected chi connectivity index (χ3v) is 5.88. The van der Waals surface area contributed by atoms with Crippen LogP contribution in [0.1, 0.15) is 31.9 Å². The number of nitrogens with zero attached hydrogens (tertiary/aromatic N) is 4. The molecule has 0 atom stereocenters. The van der Waals surface area contributed by atoms with Crippen molar-refractivity contribution in [1.82, 2.24) is 9.29 Å². The van der Waals surface area contributed by atoms with Crippen LogP contribution in [0.3, 0.4) is 0 Å². The molecule has 1 aromatic carbocycles. The zero-order valence-electron chi connectivity index (χ0n) is 15.0. The van der Waals surface area contributed by atoms with E-state index in [0.717, 1.165) is 11.3 Å². The van der Waals surface area contributed by atoms with Crippen molar-refractivity contribution in [2.75, 3.05) is 18.5 Å². The summed E-state index contributed by atoms with van der Waals surface area (Å²) in [4.78, 5) is 4.27. The fraction of sp³-hybridized carbons (Fsp3) is 0.278. The number of nitrogens with one attached hydrogen (secondary N) is 1. The number of hydrogen-bond acceptors (Lipinski definition) is 6. The molecular weight excluding hydrogens is 350 g/mol. The Morgan fingerprint density at radius 1 is 1.19 bits per heavy atom. The van der Waals surface area contributed by atoms with Gasteiger partial charge >= 0.3 is 0 Å². The molecule has 136 valence electrons. The Labute approximate surface area is 154 Å². The molecule has 1 heterocycles. The number of pyridine rings is 1. The molecule has 0 saturated carbocycles. The van der Waals surface area contributed by atoms with Crippen LogP contribution in [-0.4, -0.2) is 36.5 Å². The summed E-state index contributed by atoms with van der Waals surface area (Å²) in [6.45, 7) is 6.24. The smallest absolute Gasteiger partial charge is 0.244 e. The first kappa shape index (κ1) is 19.6. The van der Waals surface area contributed by atoms with Gasteiger partial charge in [0.05, 0.1) is 17.3 Å². The average molecular weight is 371 g/mol. The van der Waals surface area contributed by atoms with Crippen molar-refractivity contribution in [1.29, 1.82) is 5.26 Å². The first-order valence-electron chi connectivity index (χ1n) is 8.19. The summed E-state index contributed by atoms with van der Waals surface area (Å²) in [6.07, 6.45) is 1.32. The number of hydrazone groups is 1. The summed E-state index contributed by atoms with van der Waals surface area (Å²) < 4.78 is 26.2. The van der Waals surface area contributed by atoms with Crippen LogP contribution >= 0.6 is 0 Å². The van der Waals surface area contributed by atoms with E-state index in [-0.39, 0.29) is 4.90 Å². The topological polar surface area (TPSA) is 98.5 Å². The minimum Gasteiger partial charge on any atom is -0.261 e. The highest BCUT2D eigenvalue weighted by Gasteiger charge is 2.21. The van der Waals surface area contributed by atoms with E-state index in [1.807, 2.05) is 19.1 Å². The zero-order chi connectivity index (χ0) is 19.2. The molecule has 2 rings (SSSR count). The van der Waals surface area contributed by atoms with Crippen LogP contribution in [-0.2, 0) is 10.0 Å². The van der Waals surface area contributed by atoms with E-state index in [1.54, 1.807) is 32.0 Å². The molecule has 0 saturated heterocycles. The van der Waals surface area contributed by atoms with Crippen molar-refractivity contribution < 1.29 is 8.42 Å². The van der Waals surface area contributed by atoms with Crippen LogP contribution in [0.5, 0.6) is 0 Å². The van der Waals surface area contributed by atoms with Gasteiger partial charge in [-0.2, -0.15) is 14.7 Å². The van der Waals surface area contributed by atoms with Crippen LogP contribution in [0.4, 0.5) is 5.82 Å². The van der Waals surface area contributed by atoms with Crippen LogP contribution in [0, 0.1) is 11.3 Å². The minimum atomic E-state index is -3.52. The molecule has 0 spiro atoms. The molecule has 1 aromatic heterocycles. The largest absolute Gasteiger partial charge is 0.261 e. The van der Waals surface area contributed by atoms with E-state index in [9.17, 15) is 8.42 Å². The standard InChI is InChI=1S/C18H21N5O2S/c1-4-23(5-2)26(24,25)17-10-11-18(20-13-17)22-21-14(3)16-8-6-15(12-19)7-9-16/h6-11,13H,4-5H2,1-3H3,(H,20,22)/b21-14+. The first-order valence-corrected chi connectivity index (χ1v) is 9.63. The summed E-state index contributed by atoms with van der Waals surface area (Å²) in [5.41, 5.74) is 4.99. The van der Waals surface area contributed by atoms with Crippen molar-refractivity contribution in [3.63, 3.8) is 0 Å². The van der Waals surface area contributed by atoms with E-state index < -0.39 is 10.0 Å². The van der Waals surface area contributed by atoms with E-state index >= 15 is 0 Å². The zero-order valence-corrected chi connectivity index (χ0v) is 15.8. The number of aromatic nitrogens is 1. The molecule has 1 N–H and O–H groups in total. The molecule has 0 unspecified atom stereocenters. The van der Waals surface area contributed by atoms with Gasteiger partial charge < -0.3 is 0 Å². The lowest BCUT2D eigenvalue weighted by Crippen LogP contribution is -2.30. The molecule has 7 nitrogen and oxygen atoms in total. The Morgan fingerprint density at radius 2 is 1.85 bits per heavy atom. The summed E-state index contributed by atoms with van der Waals surface area (Å²) in [6, 6.07) is 12.2. The summed E-state index contributed by atoms with van der Waals surface area (Å²) in [5, 5.41) is 13.1. The fourth-order valence-electron chi connectivity index (χ4n) is 2.30. The molecule has 0 radical (unpaired) electrons. The average Bonchev–Trinajstić information content (AvgIpc) is 2.67. The molecule has 0 bridgehead atoms. The molecule has 0 aliphatic heterocycles. The molecule has 0 aliphatic carbocycles. The number of nitriles is 1. The van der Waals surface area contributed by atoms with E-state index in [2.05, 4.69) is 21.6 Å². The second-order valence-electron chi connectivity index (χ2n) is 5.47. The number of rotatable bonds is 7. The minimum absolute atomic E-state index is 0.152. The maximum atomic E-state index is 12.4. The third-order valence-electron chi connectivity index (χ3n) is 3.85. The third kappa shape index (κ3) is 4.45.